The molecule has 0 radical (unpaired) electrons. The second kappa shape index (κ2) is 30.5. The Morgan fingerprint density at radius 2 is 1.43 bits per heavy atom. The van der Waals surface area contributed by atoms with Crippen molar-refractivity contribution in [3.63, 3.8) is 0 Å². The number of carboxylic acids is 1. The molecule has 1 heterocycles. The third kappa shape index (κ3) is 22.3. The average Bonchev–Trinajstić information content (AvgIpc) is 3.33. The Morgan fingerprint density at radius 1 is 0.827 bits per heavy atom. The van der Waals surface area contributed by atoms with E-state index in [0.717, 1.165) is 16.0 Å². The molecule has 1 aromatic carbocycles. The summed E-state index contributed by atoms with van der Waals surface area (Å²) in [4.78, 5) is 129. The molecular formula is C53H84N10O12. The van der Waals surface area contributed by atoms with Gasteiger partial charge in [0.2, 0.25) is 41.4 Å². The molecule has 75 heavy (non-hydrogen) atoms. The highest BCUT2D eigenvalue weighted by atomic mass is 16.6. The van der Waals surface area contributed by atoms with Gasteiger partial charge in [0.05, 0.1) is 24.0 Å². The zero-order valence-electron chi connectivity index (χ0n) is 46.0. The Kier molecular flexibility index (Phi) is 26.1. The van der Waals surface area contributed by atoms with Crippen LogP contribution in [0, 0.1) is 23.7 Å². The summed E-state index contributed by atoms with van der Waals surface area (Å²) in [6.45, 7) is 17.8. The second-order valence-corrected chi connectivity index (χ2v) is 20.8. The van der Waals surface area contributed by atoms with E-state index in [0.29, 0.717) is 6.42 Å². The van der Waals surface area contributed by atoms with Crippen molar-refractivity contribution in [2.45, 2.75) is 169 Å². The summed E-state index contributed by atoms with van der Waals surface area (Å²) >= 11 is 0. The number of nitrogens with one attached hydrogen (secondary N) is 6. The molecule has 22 nitrogen and oxygen atoms in total. The van der Waals surface area contributed by atoms with Gasteiger partial charge < -0.3 is 62.8 Å². The Bertz CT molecular complexity index is 2230. The number of benzene rings is 1. The summed E-state index contributed by atoms with van der Waals surface area (Å²) in [5.41, 5.74) is 11.8. The first-order chi connectivity index (χ1) is 34.9. The zero-order chi connectivity index (χ0) is 56.9. The van der Waals surface area contributed by atoms with Crippen LogP contribution in [-0.4, -0.2) is 144 Å². The van der Waals surface area contributed by atoms with E-state index in [1.165, 1.54) is 34.7 Å². The smallest absolute Gasteiger partial charge is 0.329 e. The lowest BCUT2D eigenvalue weighted by molar-refractivity contribution is -0.161. The van der Waals surface area contributed by atoms with Crippen molar-refractivity contribution in [2.24, 2.45) is 40.1 Å². The molecule has 1 saturated heterocycles. The number of hydrogen-bond donors (Lipinski definition) is 9. The molecule has 1 fully saturated rings. The zero-order valence-corrected chi connectivity index (χ0v) is 46.0. The van der Waals surface area contributed by atoms with Gasteiger partial charge in [-0.15, -0.1) is 0 Å². The molecule has 7 amide bonds. The number of esters is 1. The summed E-state index contributed by atoms with van der Waals surface area (Å²) in [7, 11) is 2.95. The van der Waals surface area contributed by atoms with Crippen molar-refractivity contribution < 1.29 is 57.7 Å². The number of carbonyl (C=O) groups excluding carboxylic acids is 8. The van der Waals surface area contributed by atoms with Gasteiger partial charge in [0.15, 0.2) is 5.96 Å². The normalized spacial score (nSPS) is 25.8. The predicted octanol–water partition coefficient (Wildman–Crippen LogP) is 1.75. The van der Waals surface area contributed by atoms with Crippen LogP contribution >= 0.6 is 0 Å². The number of allylic oxidation sites excluding steroid dienone is 2. The minimum absolute atomic E-state index is 0.0459. The molecule has 0 unspecified atom stereocenters. The lowest BCUT2D eigenvalue weighted by Crippen LogP contribution is -2.60. The molecule has 1 aliphatic heterocycles. The Morgan fingerprint density at radius 3 is 2.00 bits per heavy atom. The molecule has 0 saturated carbocycles. The largest absolute Gasteiger partial charge is 0.480 e. The standard InChI is InChI=1S/C53H84N10O12/c1-29(2)26-40-49(70)62-43(51(73)75-53(9,10)11)33(6)45(66)59-38(20-17-25-56-52(54)55)48(69)58-37(22-21-30(3)27-31(4)41(74-13)28-36-18-15-14-16-19-36)32(5)44(65)60-39(50(71)72)23-24-42(64)63(12)35(8)47(68)57-34(7)46(67)61-40/h14-16,18-19,21-22,27,29,31-35,37-41,43H,17,20,23-26,28H2,1-13H3,(H,57,68)(H,58,69)(H,59,66)(H,60,65)(H,61,67)(H,62,70)(H,71,72)(H4,54,55,56)/b22-21+,30-27+/t31-,32-,33-,34+,35+,37-,38-,39+,40-,41-,43+/m0/s1. The Hall–Kier alpha value is -6.84. The molecular weight excluding hydrogens is 969 g/mol. The van der Waals surface area contributed by atoms with Crippen LogP contribution in [0.15, 0.2) is 59.1 Å². The number of carboxylic acid groups (broad SMARTS) is 1. The fourth-order valence-corrected chi connectivity index (χ4v) is 7.96. The molecule has 11 N–H and O–H groups in total. The molecule has 0 aromatic heterocycles. The van der Waals surface area contributed by atoms with Gasteiger partial charge in [-0.25, -0.2) is 9.59 Å². The van der Waals surface area contributed by atoms with Gasteiger partial charge in [-0.05, 0) is 85.1 Å². The lowest BCUT2D eigenvalue weighted by Gasteiger charge is -2.31. The fraction of sp³-hybridized carbons (Fsp3) is 0.623. The summed E-state index contributed by atoms with van der Waals surface area (Å²) < 4.78 is 11.5. The molecule has 22 heteroatoms. The number of carbonyl (C=O) groups is 9. The van der Waals surface area contributed by atoms with Gasteiger partial charge in [0, 0.05) is 33.0 Å². The Labute approximate surface area is 441 Å². The molecule has 1 aromatic rings. The van der Waals surface area contributed by atoms with E-state index in [1.807, 2.05) is 50.3 Å². The molecule has 0 spiro atoms. The van der Waals surface area contributed by atoms with E-state index in [4.69, 9.17) is 20.9 Å². The van der Waals surface area contributed by atoms with Crippen molar-refractivity contribution in [1.82, 2.24) is 36.8 Å². The monoisotopic (exact) mass is 1050 g/mol. The molecule has 0 aliphatic carbocycles. The summed E-state index contributed by atoms with van der Waals surface area (Å²) in [6.07, 6.45) is 4.98. The summed E-state index contributed by atoms with van der Waals surface area (Å²) in [6, 6.07) is 0.341. The molecule has 11 atom stereocenters. The van der Waals surface area contributed by atoms with Crippen molar-refractivity contribution in [3.8, 4) is 0 Å². The average molecular weight is 1050 g/mol. The first-order valence-corrected chi connectivity index (χ1v) is 25.5. The molecule has 0 bridgehead atoms. The van der Waals surface area contributed by atoms with E-state index in [-0.39, 0.29) is 56.1 Å². The van der Waals surface area contributed by atoms with Crippen LogP contribution in [0.25, 0.3) is 0 Å². The number of hydrogen-bond acceptors (Lipinski definition) is 12. The van der Waals surface area contributed by atoms with Gasteiger partial charge in [0.25, 0.3) is 0 Å². The van der Waals surface area contributed by atoms with E-state index in [2.05, 4.69) is 36.9 Å². The van der Waals surface area contributed by atoms with E-state index < -0.39 is 119 Å². The van der Waals surface area contributed by atoms with E-state index in [1.54, 1.807) is 53.9 Å². The number of aliphatic imine (C=N–C) groups is 1. The van der Waals surface area contributed by atoms with Crippen LogP contribution in [-0.2, 0) is 59.0 Å². The van der Waals surface area contributed by atoms with Crippen molar-refractivity contribution in [3.05, 3.63) is 59.7 Å². The highest BCUT2D eigenvalue weighted by Gasteiger charge is 2.39. The van der Waals surface area contributed by atoms with E-state index >= 15 is 0 Å². The molecule has 1 aliphatic rings. The first kappa shape index (κ1) is 64.3. The summed E-state index contributed by atoms with van der Waals surface area (Å²) in [5.74, 6) is -11.0. The van der Waals surface area contributed by atoms with Crippen LogP contribution in [0.1, 0.15) is 114 Å². The molecule has 2 rings (SSSR count). The number of aliphatic carboxylic acids is 1. The van der Waals surface area contributed by atoms with Gasteiger partial charge in [-0.2, -0.15) is 0 Å². The van der Waals surface area contributed by atoms with Crippen molar-refractivity contribution in [2.75, 3.05) is 20.7 Å². The van der Waals surface area contributed by atoms with Gasteiger partial charge in [-0.3, -0.25) is 38.6 Å². The summed E-state index contributed by atoms with van der Waals surface area (Å²) in [5, 5.41) is 26.0. The van der Waals surface area contributed by atoms with Crippen molar-refractivity contribution >= 4 is 59.2 Å². The van der Waals surface area contributed by atoms with Crippen LogP contribution in [0.4, 0.5) is 0 Å². The van der Waals surface area contributed by atoms with Crippen LogP contribution in [0.5, 0.6) is 0 Å². The first-order valence-electron chi connectivity index (χ1n) is 25.5. The van der Waals surface area contributed by atoms with E-state index in [9.17, 15) is 48.3 Å². The lowest BCUT2D eigenvalue weighted by atomic mass is 9.94. The number of ether oxygens (including phenoxy) is 2. The number of guanidine groups is 1. The number of amides is 7. The maximum Gasteiger partial charge on any atom is 0.329 e. The fourth-order valence-electron chi connectivity index (χ4n) is 7.96. The number of nitrogens with two attached hydrogens (primary N) is 2. The predicted molar refractivity (Wildman–Crippen MR) is 283 cm³/mol. The second-order valence-electron chi connectivity index (χ2n) is 20.8. The molecule has 418 valence electrons. The third-order valence-electron chi connectivity index (χ3n) is 12.7. The highest BCUT2D eigenvalue weighted by Crippen LogP contribution is 2.20. The number of likely N-dealkylation sites (N-methyl/N-ethyl adjacent to an activating group) is 1. The quantitative estimate of drug-likeness (QED) is 0.0398. The third-order valence-corrected chi connectivity index (χ3v) is 12.7. The minimum atomic E-state index is -1.67. The number of rotatable bonds is 15. The number of methoxy groups -OCH3 is 1. The Balaban J connectivity index is 2.82. The van der Waals surface area contributed by atoms with Gasteiger partial charge in [-0.1, -0.05) is 88.8 Å². The maximum absolute atomic E-state index is 14.6. The van der Waals surface area contributed by atoms with Crippen molar-refractivity contribution in [1.29, 1.82) is 0 Å². The van der Waals surface area contributed by atoms with Crippen LogP contribution in [0.3, 0.4) is 0 Å². The van der Waals surface area contributed by atoms with Gasteiger partial charge in [0.1, 0.15) is 41.9 Å². The van der Waals surface area contributed by atoms with Crippen LogP contribution < -0.4 is 43.4 Å². The topological polar surface area (TPSA) is 332 Å². The van der Waals surface area contributed by atoms with Crippen LogP contribution in [0.2, 0.25) is 0 Å². The maximum atomic E-state index is 14.6. The van der Waals surface area contributed by atoms with Gasteiger partial charge >= 0.3 is 11.9 Å². The SMILES string of the molecule is CO[C@@H](Cc1ccccc1)[C@@H](C)/C=C(C)/C=C/[C@@H]1NC(=O)[C@H](CCCN=C(N)N)NC(=O)[C@@H](C)[C@H](C(=O)OC(C)(C)C)NC(=O)[C@H](CC(C)C)NC(=O)[C@@H](C)NC(=O)[C@@H](C)N(C)C(=O)CC[C@H](C(=O)O)NC(=O)[C@H]1C. The number of nitrogens with zero attached hydrogens (tertiary/aromatic N) is 2. The highest BCUT2D eigenvalue weighted by molar-refractivity contribution is 5.97. The minimum Gasteiger partial charge on any atom is -0.480 e.